The van der Waals surface area contributed by atoms with E-state index in [1.165, 1.54) is 7.11 Å². The first kappa shape index (κ1) is 14.6. The number of carbonyl (C=O) groups excluding carboxylic acids is 2. The van der Waals surface area contributed by atoms with Crippen LogP contribution in [0.25, 0.3) is 0 Å². The summed E-state index contributed by atoms with van der Waals surface area (Å²) in [5, 5.41) is 0. The number of methoxy groups -OCH3 is 1. The zero-order valence-electron chi connectivity index (χ0n) is 12.5. The van der Waals surface area contributed by atoms with Crippen LogP contribution >= 0.6 is 0 Å². The molecule has 0 saturated carbocycles. The second-order valence-electron chi connectivity index (χ2n) is 6.36. The third kappa shape index (κ3) is 2.42. The lowest BCUT2D eigenvalue weighted by Gasteiger charge is -2.32. The molecule has 0 spiro atoms. The molecule has 1 heterocycles. The van der Waals surface area contributed by atoms with Crippen molar-refractivity contribution in [2.75, 3.05) is 13.7 Å². The summed E-state index contributed by atoms with van der Waals surface area (Å²) in [7, 11) is 1.37. The lowest BCUT2D eigenvalue weighted by molar-refractivity contribution is -0.151. The number of amides is 1. The normalized spacial score (nSPS) is 24.5. The Morgan fingerprint density at radius 3 is 2.30 bits per heavy atom. The van der Waals surface area contributed by atoms with E-state index in [1.807, 2.05) is 18.2 Å². The maximum absolute atomic E-state index is 12.7. The Labute approximate surface area is 119 Å². The molecule has 1 amide bonds. The SMILES string of the molecule is COC(=O)[C@@]1(C)CC(C)(C)CN1C(=O)c1ccccc1. The maximum atomic E-state index is 12.7. The highest BCUT2D eigenvalue weighted by Gasteiger charge is 2.53. The molecule has 1 aromatic carbocycles. The molecule has 0 bridgehead atoms. The summed E-state index contributed by atoms with van der Waals surface area (Å²) >= 11 is 0. The van der Waals surface area contributed by atoms with Crippen LogP contribution in [-0.2, 0) is 9.53 Å². The third-order valence-corrected chi connectivity index (χ3v) is 3.90. The largest absolute Gasteiger partial charge is 0.467 e. The fraction of sp³-hybridized carbons (Fsp3) is 0.500. The molecule has 0 aliphatic carbocycles. The van der Waals surface area contributed by atoms with Crippen molar-refractivity contribution in [2.24, 2.45) is 5.41 Å². The molecule has 0 aromatic heterocycles. The van der Waals surface area contributed by atoms with E-state index in [9.17, 15) is 9.59 Å². The monoisotopic (exact) mass is 275 g/mol. The average Bonchev–Trinajstić information content (AvgIpc) is 2.69. The van der Waals surface area contributed by atoms with Crippen molar-refractivity contribution >= 4 is 11.9 Å². The van der Waals surface area contributed by atoms with Gasteiger partial charge in [0.25, 0.3) is 5.91 Å². The maximum Gasteiger partial charge on any atom is 0.331 e. The Morgan fingerprint density at radius 1 is 1.15 bits per heavy atom. The van der Waals surface area contributed by atoms with Gasteiger partial charge in [0.2, 0.25) is 0 Å². The minimum atomic E-state index is -0.898. The first-order valence-electron chi connectivity index (χ1n) is 6.76. The van der Waals surface area contributed by atoms with E-state index in [4.69, 9.17) is 4.74 Å². The van der Waals surface area contributed by atoms with Crippen LogP contribution < -0.4 is 0 Å². The van der Waals surface area contributed by atoms with E-state index in [0.717, 1.165) is 0 Å². The molecule has 0 radical (unpaired) electrons. The Morgan fingerprint density at radius 2 is 1.75 bits per heavy atom. The van der Waals surface area contributed by atoms with Gasteiger partial charge in [-0.05, 0) is 30.9 Å². The molecule has 2 rings (SSSR count). The Hall–Kier alpha value is -1.84. The van der Waals surface area contributed by atoms with Gasteiger partial charge in [0.05, 0.1) is 7.11 Å². The molecule has 4 heteroatoms. The van der Waals surface area contributed by atoms with Gasteiger partial charge in [-0.1, -0.05) is 32.0 Å². The van der Waals surface area contributed by atoms with Crippen LogP contribution in [0.1, 0.15) is 37.6 Å². The molecular weight excluding hydrogens is 254 g/mol. The zero-order valence-corrected chi connectivity index (χ0v) is 12.5. The summed E-state index contributed by atoms with van der Waals surface area (Å²) in [5.74, 6) is -0.476. The zero-order chi connectivity index (χ0) is 15.0. The first-order valence-corrected chi connectivity index (χ1v) is 6.76. The smallest absolute Gasteiger partial charge is 0.331 e. The molecule has 1 aliphatic heterocycles. The van der Waals surface area contributed by atoms with Crippen molar-refractivity contribution in [1.82, 2.24) is 4.90 Å². The molecule has 4 nitrogen and oxygen atoms in total. The van der Waals surface area contributed by atoms with Gasteiger partial charge >= 0.3 is 5.97 Å². The first-order chi connectivity index (χ1) is 9.30. The van der Waals surface area contributed by atoms with Crippen LogP contribution in [0.5, 0.6) is 0 Å². The topological polar surface area (TPSA) is 46.6 Å². The van der Waals surface area contributed by atoms with Crippen LogP contribution in [-0.4, -0.2) is 36.0 Å². The van der Waals surface area contributed by atoms with Crippen molar-refractivity contribution in [1.29, 1.82) is 0 Å². The van der Waals surface area contributed by atoms with Gasteiger partial charge in [-0.15, -0.1) is 0 Å². The molecule has 1 fully saturated rings. The number of nitrogens with zero attached hydrogens (tertiary/aromatic N) is 1. The predicted octanol–water partition coefficient (Wildman–Crippen LogP) is 2.49. The van der Waals surface area contributed by atoms with Gasteiger partial charge in [0, 0.05) is 12.1 Å². The van der Waals surface area contributed by atoms with E-state index in [1.54, 1.807) is 24.0 Å². The third-order valence-electron chi connectivity index (χ3n) is 3.90. The van der Waals surface area contributed by atoms with E-state index in [-0.39, 0.29) is 17.3 Å². The van der Waals surface area contributed by atoms with Crippen molar-refractivity contribution < 1.29 is 14.3 Å². The Bertz CT molecular complexity index is 524. The quantitative estimate of drug-likeness (QED) is 0.779. The number of hydrogen-bond donors (Lipinski definition) is 0. The number of esters is 1. The summed E-state index contributed by atoms with van der Waals surface area (Å²) in [5.41, 5.74) is -0.404. The number of rotatable bonds is 2. The number of ether oxygens (including phenoxy) is 1. The van der Waals surface area contributed by atoms with Crippen LogP contribution in [0.15, 0.2) is 30.3 Å². The molecule has 20 heavy (non-hydrogen) atoms. The molecule has 1 atom stereocenters. The molecule has 1 aliphatic rings. The molecule has 1 aromatic rings. The predicted molar refractivity (Wildman–Crippen MR) is 76.3 cm³/mol. The molecular formula is C16H21NO3. The standard InChI is InChI=1S/C16H21NO3/c1-15(2)10-16(3,14(19)20-4)17(11-15)13(18)12-8-6-5-7-9-12/h5-9H,10-11H2,1-4H3/t16-/m1/s1. The average molecular weight is 275 g/mol. The number of hydrogen-bond acceptors (Lipinski definition) is 3. The summed E-state index contributed by atoms with van der Waals surface area (Å²) in [6.45, 7) is 6.46. The summed E-state index contributed by atoms with van der Waals surface area (Å²) in [6.07, 6.45) is 0.602. The minimum Gasteiger partial charge on any atom is -0.467 e. The van der Waals surface area contributed by atoms with Crippen LogP contribution in [0.2, 0.25) is 0 Å². The van der Waals surface area contributed by atoms with Gasteiger partial charge in [-0.2, -0.15) is 0 Å². The van der Waals surface area contributed by atoms with Crippen LogP contribution in [0.3, 0.4) is 0 Å². The molecule has 0 unspecified atom stereocenters. The second kappa shape index (κ2) is 4.93. The van der Waals surface area contributed by atoms with Crippen molar-refractivity contribution in [2.45, 2.75) is 32.7 Å². The van der Waals surface area contributed by atoms with Crippen molar-refractivity contribution in [3.63, 3.8) is 0 Å². The van der Waals surface area contributed by atoms with Gasteiger partial charge in [0.1, 0.15) is 5.54 Å². The van der Waals surface area contributed by atoms with E-state index < -0.39 is 5.54 Å². The van der Waals surface area contributed by atoms with Crippen molar-refractivity contribution in [3.8, 4) is 0 Å². The minimum absolute atomic E-state index is 0.104. The lowest BCUT2D eigenvalue weighted by Crippen LogP contribution is -2.51. The van der Waals surface area contributed by atoms with Crippen LogP contribution in [0.4, 0.5) is 0 Å². The fourth-order valence-corrected chi connectivity index (χ4v) is 3.12. The van der Waals surface area contributed by atoms with Gasteiger partial charge in [0.15, 0.2) is 0 Å². The number of carbonyl (C=O) groups is 2. The highest BCUT2D eigenvalue weighted by molar-refractivity contribution is 5.98. The van der Waals surface area contributed by atoms with Gasteiger partial charge < -0.3 is 9.64 Å². The molecule has 0 N–H and O–H groups in total. The highest BCUT2D eigenvalue weighted by Crippen LogP contribution is 2.42. The van der Waals surface area contributed by atoms with Crippen molar-refractivity contribution in [3.05, 3.63) is 35.9 Å². The Kier molecular flexibility index (Phi) is 3.59. The second-order valence-corrected chi connectivity index (χ2v) is 6.36. The number of likely N-dealkylation sites (tertiary alicyclic amines) is 1. The molecule has 108 valence electrons. The lowest BCUT2D eigenvalue weighted by atomic mass is 9.85. The molecule has 1 saturated heterocycles. The summed E-state index contributed by atoms with van der Waals surface area (Å²) in [6, 6.07) is 9.05. The summed E-state index contributed by atoms with van der Waals surface area (Å²) < 4.78 is 4.91. The fourth-order valence-electron chi connectivity index (χ4n) is 3.12. The summed E-state index contributed by atoms with van der Waals surface area (Å²) in [4.78, 5) is 26.5. The highest BCUT2D eigenvalue weighted by atomic mass is 16.5. The van der Waals surface area contributed by atoms with Gasteiger partial charge in [-0.25, -0.2) is 4.79 Å². The van der Waals surface area contributed by atoms with E-state index >= 15 is 0 Å². The Balaban J connectivity index is 2.38. The number of benzene rings is 1. The van der Waals surface area contributed by atoms with E-state index in [0.29, 0.717) is 18.5 Å². The van der Waals surface area contributed by atoms with Gasteiger partial charge in [-0.3, -0.25) is 4.79 Å². The van der Waals surface area contributed by atoms with E-state index in [2.05, 4.69) is 13.8 Å². The van der Waals surface area contributed by atoms with Crippen LogP contribution in [0, 0.1) is 5.41 Å².